The van der Waals surface area contributed by atoms with Crippen molar-refractivity contribution in [3.05, 3.63) is 21.3 Å². The lowest BCUT2D eigenvalue weighted by atomic mass is 10.2. The van der Waals surface area contributed by atoms with E-state index in [9.17, 15) is 0 Å². The molecule has 0 radical (unpaired) electrons. The summed E-state index contributed by atoms with van der Waals surface area (Å²) in [7, 11) is 0. The topological polar surface area (TPSA) is 46.2 Å². The van der Waals surface area contributed by atoms with Gasteiger partial charge in [0, 0.05) is 17.5 Å². The maximum absolute atomic E-state index is 8.61. The second kappa shape index (κ2) is 5.78. The van der Waals surface area contributed by atoms with E-state index in [-0.39, 0.29) is 25.1 Å². The summed E-state index contributed by atoms with van der Waals surface area (Å²) in [5.41, 5.74) is 5.72. The van der Waals surface area contributed by atoms with E-state index in [1.807, 2.05) is 11.4 Å². The van der Waals surface area contributed by atoms with E-state index >= 15 is 0 Å². The third-order valence-corrected chi connectivity index (χ3v) is 2.91. The van der Waals surface area contributed by atoms with Crippen LogP contribution in [0.2, 0.25) is 5.02 Å². The molecule has 0 spiro atoms. The van der Waals surface area contributed by atoms with Crippen LogP contribution in [-0.2, 0) is 0 Å². The number of halogens is 2. The largest absolute Gasteiger partial charge is 0.396 e. The zero-order valence-corrected chi connectivity index (χ0v) is 8.75. The van der Waals surface area contributed by atoms with Gasteiger partial charge in [-0.15, -0.1) is 23.7 Å². The van der Waals surface area contributed by atoms with Gasteiger partial charge in [0.15, 0.2) is 0 Å². The molecule has 1 aromatic heterocycles. The van der Waals surface area contributed by atoms with Crippen molar-refractivity contribution in [3.8, 4) is 0 Å². The van der Waals surface area contributed by atoms with Crippen molar-refractivity contribution in [2.75, 3.05) is 6.61 Å². The first-order chi connectivity index (χ1) is 5.25. The highest BCUT2D eigenvalue weighted by Crippen LogP contribution is 2.28. The Bertz CT molecular complexity index is 229. The van der Waals surface area contributed by atoms with Crippen LogP contribution < -0.4 is 5.73 Å². The Hall–Kier alpha value is 0.200. The van der Waals surface area contributed by atoms with Crippen molar-refractivity contribution in [3.63, 3.8) is 0 Å². The summed E-state index contributed by atoms with van der Waals surface area (Å²) in [6, 6.07) is 1.70. The van der Waals surface area contributed by atoms with Crippen LogP contribution in [0.25, 0.3) is 0 Å². The lowest BCUT2D eigenvalue weighted by Gasteiger charge is -2.06. The molecule has 0 aliphatic carbocycles. The van der Waals surface area contributed by atoms with E-state index in [0.29, 0.717) is 11.4 Å². The van der Waals surface area contributed by atoms with Gasteiger partial charge in [0.1, 0.15) is 0 Å². The molecule has 70 valence electrons. The van der Waals surface area contributed by atoms with Gasteiger partial charge in [-0.1, -0.05) is 11.6 Å². The van der Waals surface area contributed by atoms with Crippen molar-refractivity contribution in [2.24, 2.45) is 5.73 Å². The fraction of sp³-hybridized carbons (Fsp3) is 0.429. The first-order valence-electron chi connectivity index (χ1n) is 3.35. The third-order valence-electron chi connectivity index (χ3n) is 1.42. The average Bonchev–Trinajstić information content (AvgIpc) is 2.36. The minimum absolute atomic E-state index is 0. The highest BCUT2D eigenvalue weighted by Gasteiger charge is 2.09. The van der Waals surface area contributed by atoms with Crippen LogP contribution in [0.15, 0.2) is 11.4 Å². The average molecular weight is 228 g/mol. The van der Waals surface area contributed by atoms with Gasteiger partial charge in [-0.05, 0) is 17.9 Å². The molecule has 0 saturated heterocycles. The Morgan fingerprint density at radius 2 is 2.33 bits per heavy atom. The number of nitrogens with two attached hydrogens (primary N) is 1. The number of thiophene rings is 1. The van der Waals surface area contributed by atoms with Crippen molar-refractivity contribution in [2.45, 2.75) is 12.5 Å². The molecule has 0 aromatic carbocycles. The lowest BCUT2D eigenvalue weighted by molar-refractivity contribution is 0.277. The third kappa shape index (κ3) is 2.92. The molecule has 0 aliphatic heterocycles. The molecule has 0 bridgehead atoms. The van der Waals surface area contributed by atoms with Crippen LogP contribution in [-0.4, -0.2) is 11.7 Å². The van der Waals surface area contributed by atoms with Gasteiger partial charge < -0.3 is 10.8 Å². The zero-order chi connectivity index (χ0) is 8.27. The summed E-state index contributed by atoms with van der Waals surface area (Å²) in [6.07, 6.45) is 0.570. The molecule has 0 amide bonds. The maximum atomic E-state index is 8.61. The van der Waals surface area contributed by atoms with Crippen LogP contribution in [0.1, 0.15) is 17.3 Å². The van der Waals surface area contributed by atoms with Crippen LogP contribution in [0.4, 0.5) is 0 Å². The molecule has 0 fully saturated rings. The molecule has 12 heavy (non-hydrogen) atoms. The Morgan fingerprint density at radius 3 is 2.75 bits per heavy atom. The Balaban J connectivity index is 0.00000121. The highest BCUT2D eigenvalue weighted by atomic mass is 35.5. The fourth-order valence-electron chi connectivity index (χ4n) is 0.840. The summed E-state index contributed by atoms with van der Waals surface area (Å²) >= 11 is 7.35. The summed E-state index contributed by atoms with van der Waals surface area (Å²) in [4.78, 5) is 0.959. The quantitative estimate of drug-likeness (QED) is 0.833. The number of hydrogen-bond donors (Lipinski definition) is 2. The summed E-state index contributed by atoms with van der Waals surface area (Å²) in [5.74, 6) is 0. The summed E-state index contributed by atoms with van der Waals surface area (Å²) in [6.45, 7) is 0.107. The monoisotopic (exact) mass is 227 g/mol. The summed E-state index contributed by atoms with van der Waals surface area (Å²) in [5, 5.41) is 11.2. The van der Waals surface area contributed by atoms with Crippen molar-refractivity contribution in [1.82, 2.24) is 0 Å². The minimum atomic E-state index is -0.118. The normalized spacial score (nSPS) is 12.2. The summed E-state index contributed by atoms with van der Waals surface area (Å²) < 4.78 is 0. The van der Waals surface area contributed by atoms with Gasteiger partial charge in [0.05, 0.1) is 5.02 Å². The van der Waals surface area contributed by atoms with Crippen molar-refractivity contribution in [1.29, 1.82) is 0 Å². The maximum Gasteiger partial charge on any atom is 0.0561 e. The van der Waals surface area contributed by atoms with Crippen LogP contribution in [0.5, 0.6) is 0 Å². The van der Waals surface area contributed by atoms with E-state index in [1.165, 1.54) is 11.3 Å². The second-order valence-corrected chi connectivity index (χ2v) is 3.61. The number of aliphatic hydroxyl groups is 1. The molecule has 1 atom stereocenters. The van der Waals surface area contributed by atoms with Gasteiger partial charge in [-0.25, -0.2) is 0 Å². The highest BCUT2D eigenvalue weighted by molar-refractivity contribution is 7.10. The van der Waals surface area contributed by atoms with E-state index in [4.69, 9.17) is 22.4 Å². The lowest BCUT2D eigenvalue weighted by Crippen LogP contribution is -2.10. The first-order valence-corrected chi connectivity index (χ1v) is 4.60. The van der Waals surface area contributed by atoms with E-state index in [0.717, 1.165) is 4.88 Å². The molecular formula is C7H11Cl2NOS. The number of rotatable bonds is 3. The molecule has 3 N–H and O–H groups in total. The predicted molar refractivity (Wildman–Crippen MR) is 55.2 cm³/mol. The smallest absolute Gasteiger partial charge is 0.0561 e. The predicted octanol–water partition coefficient (Wildman–Crippen LogP) is 2.21. The SMILES string of the molecule is Cl.NC(CCO)c1sccc1Cl. The standard InChI is InChI=1S/C7H10ClNOS.ClH/c8-5-2-4-11-7(5)6(9)1-3-10;/h2,4,6,10H,1,3,9H2;1H. The molecule has 1 unspecified atom stereocenters. The van der Waals surface area contributed by atoms with Crippen LogP contribution >= 0.6 is 35.3 Å². The fourth-order valence-corrected chi connectivity index (χ4v) is 2.08. The molecule has 5 heteroatoms. The van der Waals surface area contributed by atoms with Crippen molar-refractivity contribution >= 4 is 35.3 Å². The second-order valence-electron chi connectivity index (χ2n) is 2.25. The van der Waals surface area contributed by atoms with Crippen molar-refractivity contribution < 1.29 is 5.11 Å². The van der Waals surface area contributed by atoms with E-state index in [2.05, 4.69) is 0 Å². The van der Waals surface area contributed by atoms with Gasteiger partial charge in [-0.2, -0.15) is 0 Å². The molecule has 0 aliphatic rings. The number of hydrogen-bond acceptors (Lipinski definition) is 3. The van der Waals surface area contributed by atoms with E-state index < -0.39 is 0 Å². The number of aliphatic hydroxyl groups excluding tert-OH is 1. The molecule has 1 aromatic rings. The Kier molecular flexibility index (Phi) is 5.88. The molecule has 1 heterocycles. The van der Waals surface area contributed by atoms with Gasteiger partial charge in [0.25, 0.3) is 0 Å². The van der Waals surface area contributed by atoms with Gasteiger partial charge in [-0.3, -0.25) is 0 Å². The minimum Gasteiger partial charge on any atom is -0.396 e. The van der Waals surface area contributed by atoms with Gasteiger partial charge >= 0.3 is 0 Å². The van der Waals surface area contributed by atoms with Crippen LogP contribution in [0.3, 0.4) is 0 Å². The zero-order valence-electron chi connectivity index (χ0n) is 6.37. The van der Waals surface area contributed by atoms with Gasteiger partial charge in [0.2, 0.25) is 0 Å². The Labute approximate surface area is 86.8 Å². The van der Waals surface area contributed by atoms with Crippen LogP contribution in [0, 0.1) is 0 Å². The molecule has 0 saturated carbocycles. The molecule has 1 rings (SSSR count). The van der Waals surface area contributed by atoms with E-state index in [1.54, 1.807) is 0 Å². The molecule has 2 nitrogen and oxygen atoms in total. The Morgan fingerprint density at radius 1 is 1.67 bits per heavy atom. The molecular weight excluding hydrogens is 217 g/mol. The first kappa shape index (κ1) is 12.2.